The van der Waals surface area contributed by atoms with Gasteiger partial charge in [-0.2, -0.15) is 5.10 Å². The fourth-order valence-corrected chi connectivity index (χ4v) is 2.49. The van der Waals surface area contributed by atoms with Gasteiger partial charge in [0.05, 0.1) is 5.71 Å². The summed E-state index contributed by atoms with van der Waals surface area (Å²) in [5, 5.41) is 7.86. The van der Waals surface area contributed by atoms with Gasteiger partial charge in [0.1, 0.15) is 11.5 Å². The molecule has 2 aromatic carbocycles. The van der Waals surface area contributed by atoms with Crippen LogP contribution in [0.25, 0.3) is 10.9 Å². The molecule has 1 aromatic heterocycles. The van der Waals surface area contributed by atoms with Crippen molar-refractivity contribution in [3.8, 4) is 0 Å². The van der Waals surface area contributed by atoms with Crippen LogP contribution in [0.15, 0.2) is 66.0 Å². The van der Waals surface area contributed by atoms with Crippen molar-refractivity contribution in [2.75, 3.05) is 11.1 Å². The predicted octanol–water partition coefficient (Wildman–Crippen LogP) is 2.75. The number of carbonyl (C=O) groups is 1. The van der Waals surface area contributed by atoms with E-state index in [1.165, 1.54) is 0 Å². The molecule has 132 valence electrons. The molecule has 0 saturated carbocycles. The largest absolute Gasteiger partial charge is 0.399 e. The summed E-state index contributed by atoms with van der Waals surface area (Å²) in [7, 11) is 0. The normalized spacial score (nSPS) is 11.3. The molecule has 0 radical (unpaired) electrons. The molecular formula is C19H20N6O. The average Bonchev–Trinajstić information content (AvgIpc) is 3.03. The number of fused-ring (bicyclic) bond motifs is 1. The number of hydrazone groups is 1. The number of H-pyrrole nitrogens is 1. The number of aromatic amines is 1. The number of hydrogen-bond acceptors (Lipinski definition) is 5. The van der Waals surface area contributed by atoms with Gasteiger partial charge in [0.25, 0.3) is 5.91 Å². The molecule has 0 atom stereocenters. The first kappa shape index (κ1) is 17.1. The third-order valence-electron chi connectivity index (χ3n) is 3.82. The van der Waals surface area contributed by atoms with Crippen LogP contribution in [0.4, 0.5) is 11.4 Å². The first-order valence-corrected chi connectivity index (χ1v) is 7.97. The summed E-state index contributed by atoms with van der Waals surface area (Å²) in [6, 6.07) is 14.6. The Morgan fingerprint density at radius 2 is 1.88 bits per heavy atom. The van der Waals surface area contributed by atoms with Gasteiger partial charge in [-0.15, -0.1) is 0 Å². The van der Waals surface area contributed by atoms with Gasteiger partial charge in [-0.25, -0.2) is 0 Å². The third kappa shape index (κ3) is 3.84. The van der Waals surface area contributed by atoms with Crippen LogP contribution in [-0.4, -0.2) is 16.6 Å². The van der Waals surface area contributed by atoms with Gasteiger partial charge in [0.2, 0.25) is 0 Å². The van der Waals surface area contributed by atoms with Gasteiger partial charge in [-0.05, 0) is 48.9 Å². The fourth-order valence-electron chi connectivity index (χ4n) is 2.49. The van der Waals surface area contributed by atoms with Crippen LogP contribution in [0, 0.1) is 0 Å². The van der Waals surface area contributed by atoms with Gasteiger partial charge in [0.15, 0.2) is 0 Å². The lowest BCUT2D eigenvalue weighted by Gasteiger charge is -2.06. The van der Waals surface area contributed by atoms with Crippen LogP contribution >= 0.6 is 0 Å². The van der Waals surface area contributed by atoms with Gasteiger partial charge >= 0.3 is 0 Å². The van der Waals surface area contributed by atoms with Crippen molar-refractivity contribution in [2.24, 2.45) is 10.8 Å². The number of nitrogens with one attached hydrogen (secondary N) is 3. The molecule has 7 nitrogen and oxygen atoms in total. The SMILES string of the molecule is C=C(N)N/N=C(/C)c1ccc(NC(=O)c2cc3cc(N)ccc3[nH]2)cc1. The number of amides is 1. The molecular weight excluding hydrogens is 328 g/mol. The van der Waals surface area contributed by atoms with Crippen LogP contribution in [-0.2, 0) is 0 Å². The maximum absolute atomic E-state index is 12.4. The first-order chi connectivity index (χ1) is 12.4. The number of rotatable bonds is 5. The number of hydrogen-bond donors (Lipinski definition) is 5. The molecule has 7 heteroatoms. The molecule has 0 unspecified atom stereocenters. The van der Waals surface area contributed by atoms with Crippen molar-refractivity contribution < 1.29 is 4.79 Å². The summed E-state index contributed by atoms with van der Waals surface area (Å²) in [4.78, 5) is 15.5. The number of aromatic nitrogens is 1. The zero-order valence-electron chi connectivity index (χ0n) is 14.3. The molecule has 0 saturated heterocycles. The molecule has 0 aliphatic rings. The summed E-state index contributed by atoms with van der Waals surface area (Å²) in [5.41, 5.74) is 18.1. The highest BCUT2D eigenvalue weighted by Gasteiger charge is 2.10. The van der Waals surface area contributed by atoms with Crippen molar-refractivity contribution in [1.29, 1.82) is 0 Å². The van der Waals surface area contributed by atoms with Gasteiger partial charge < -0.3 is 21.8 Å². The maximum atomic E-state index is 12.4. The van der Waals surface area contributed by atoms with E-state index >= 15 is 0 Å². The highest BCUT2D eigenvalue weighted by Crippen LogP contribution is 2.19. The Hall–Kier alpha value is -3.74. The van der Waals surface area contributed by atoms with E-state index < -0.39 is 0 Å². The van der Waals surface area contributed by atoms with E-state index in [0.29, 0.717) is 17.1 Å². The Balaban J connectivity index is 1.72. The Morgan fingerprint density at radius 3 is 2.58 bits per heavy atom. The summed E-state index contributed by atoms with van der Waals surface area (Å²) in [6.07, 6.45) is 0. The van der Waals surface area contributed by atoms with Crippen LogP contribution in [0.1, 0.15) is 23.0 Å². The molecule has 1 heterocycles. The molecule has 26 heavy (non-hydrogen) atoms. The van der Waals surface area contributed by atoms with Crippen molar-refractivity contribution in [1.82, 2.24) is 10.4 Å². The third-order valence-corrected chi connectivity index (χ3v) is 3.82. The van der Waals surface area contributed by atoms with Gasteiger partial charge in [-0.3, -0.25) is 10.2 Å². The van der Waals surface area contributed by atoms with E-state index in [4.69, 9.17) is 11.5 Å². The minimum Gasteiger partial charge on any atom is -0.399 e. The Kier molecular flexibility index (Phi) is 4.62. The molecule has 0 aliphatic heterocycles. The zero-order valence-corrected chi connectivity index (χ0v) is 14.3. The number of carbonyl (C=O) groups excluding carboxylic acids is 1. The number of benzene rings is 2. The lowest BCUT2D eigenvalue weighted by molar-refractivity contribution is 0.102. The van der Waals surface area contributed by atoms with Crippen molar-refractivity contribution in [3.63, 3.8) is 0 Å². The smallest absolute Gasteiger partial charge is 0.272 e. The zero-order chi connectivity index (χ0) is 18.7. The minimum absolute atomic E-state index is 0.223. The second kappa shape index (κ2) is 7.02. The number of nitrogens with zero attached hydrogens (tertiary/aromatic N) is 1. The quantitative estimate of drug-likeness (QED) is 0.276. The minimum atomic E-state index is -0.223. The van der Waals surface area contributed by atoms with Crippen molar-refractivity contribution in [3.05, 3.63) is 72.2 Å². The second-order valence-corrected chi connectivity index (χ2v) is 5.90. The van der Waals surface area contributed by atoms with Gasteiger partial charge in [-0.1, -0.05) is 18.7 Å². The van der Waals surface area contributed by atoms with Gasteiger partial charge in [0, 0.05) is 22.3 Å². The monoisotopic (exact) mass is 348 g/mol. The van der Waals surface area contributed by atoms with E-state index in [2.05, 4.69) is 27.4 Å². The Morgan fingerprint density at radius 1 is 1.15 bits per heavy atom. The summed E-state index contributed by atoms with van der Waals surface area (Å²) >= 11 is 0. The Labute approximate surface area is 150 Å². The van der Waals surface area contributed by atoms with Crippen LogP contribution in [0.2, 0.25) is 0 Å². The number of nitrogen functional groups attached to an aromatic ring is 1. The molecule has 0 aliphatic carbocycles. The summed E-state index contributed by atoms with van der Waals surface area (Å²) in [6.45, 7) is 5.37. The van der Waals surface area contributed by atoms with E-state index in [-0.39, 0.29) is 11.7 Å². The van der Waals surface area contributed by atoms with Crippen LogP contribution in [0.3, 0.4) is 0 Å². The van der Waals surface area contributed by atoms with Crippen molar-refractivity contribution in [2.45, 2.75) is 6.92 Å². The molecule has 3 rings (SSSR count). The van der Waals surface area contributed by atoms with E-state index in [0.717, 1.165) is 22.2 Å². The molecule has 0 fully saturated rings. The molecule has 1 amide bonds. The first-order valence-electron chi connectivity index (χ1n) is 7.97. The van der Waals surface area contributed by atoms with E-state index in [1.54, 1.807) is 12.1 Å². The summed E-state index contributed by atoms with van der Waals surface area (Å²) in [5.74, 6) is 0.0485. The highest BCUT2D eigenvalue weighted by molar-refractivity contribution is 6.06. The standard InChI is InChI=1S/C19H20N6O/c1-11(24-25-12(2)20)13-3-6-16(7-4-13)22-19(26)18-10-14-9-15(21)5-8-17(14)23-18/h3-10,23,25H,2,20-21H2,1H3,(H,22,26)/b24-11-. The molecule has 0 spiro atoms. The van der Waals surface area contributed by atoms with Crippen molar-refractivity contribution >= 4 is 33.9 Å². The molecule has 3 aromatic rings. The lowest BCUT2D eigenvalue weighted by atomic mass is 10.1. The van der Waals surface area contributed by atoms with Crippen LogP contribution < -0.4 is 22.2 Å². The summed E-state index contributed by atoms with van der Waals surface area (Å²) < 4.78 is 0. The predicted molar refractivity (Wildman–Crippen MR) is 106 cm³/mol. The Bertz CT molecular complexity index is 1000. The average molecular weight is 348 g/mol. The molecule has 0 bridgehead atoms. The van der Waals surface area contributed by atoms with E-state index in [9.17, 15) is 4.79 Å². The molecule has 7 N–H and O–H groups in total. The number of nitrogens with two attached hydrogens (primary N) is 2. The second-order valence-electron chi connectivity index (χ2n) is 5.90. The maximum Gasteiger partial charge on any atom is 0.272 e. The number of anilines is 2. The fraction of sp³-hybridized carbons (Fsp3) is 0.0526. The van der Waals surface area contributed by atoms with E-state index in [1.807, 2.05) is 43.3 Å². The van der Waals surface area contributed by atoms with Crippen LogP contribution in [0.5, 0.6) is 0 Å². The topological polar surface area (TPSA) is 121 Å². The highest BCUT2D eigenvalue weighted by atomic mass is 16.1. The lowest BCUT2D eigenvalue weighted by Crippen LogP contribution is -2.15.